The molecule has 2 aromatic rings. The van der Waals surface area contributed by atoms with Crippen LogP contribution in [0.1, 0.15) is 11.1 Å². The fourth-order valence-corrected chi connectivity index (χ4v) is 1.80. The van der Waals surface area contributed by atoms with Crippen molar-refractivity contribution < 1.29 is 22.3 Å². The first-order valence-corrected chi connectivity index (χ1v) is 6.18. The fourth-order valence-electron chi connectivity index (χ4n) is 1.80. The maximum absolute atomic E-state index is 13.1. The molecule has 2 aromatic carbocycles. The first-order chi connectivity index (χ1) is 9.83. The number of aryl methyl sites for hydroxylation is 1. The summed E-state index contributed by atoms with van der Waals surface area (Å²) in [5, 5.41) is 3.02. The third-order valence-corrected chi connectivity index (χ3v) is 2.88. The van der Waals surface area contributed by atoms with Gasteiger partial charge in [-0.3, -0.25) is 0 Å². The van der Waals surface area contributed by atoms with Crippen LogP contribution < -0.4 is 10.1 Å². The van der Waals surface area contributed by atoms with Crippen LogP contribution in [0, 0.1) is 12.7 Å². The molecule has 0 unspecified atom stereocenters. The Morgan fingerprint density at radius 1 is 1.05 bits per heavy atom. The highest BCUT2D eigenvalue weighted by atomic mass is 19.4. The van der Waals surface area contributed by atoms with Crippen LogP contribution in [0.15, 0.2) is 42.5 Å². The summed E-state index contributed by atoms with van der Waals surface area (Å²) in [6.45, 7) is 2.24. The summed E-state index contributed by atoms with van der Waals surface area (Å²) in [5.74, 6) is -0.610. The van der Waals surface area contributed by atoms with Crippen molar-refractivity contribution >= 4 is 5.69 Å². The predicted octanol–water partition coefficient (Wildman–Crippen LogP) is 4.64. The van der Waals surface area contributed by atoms with Crippen molar-refractivity contribution in [1.29, 1.82) is 0 Å². The van der Waals surface area contributed by atoms with Gasteiger partial charge < -0.3 is 10.1 Å². The molecule has 0 amide bonds. The second kappa shape index (κ2) is 6.03. The van der Waals surface area contributed by atoms with Crippen molar-refractivity contribution in [1.82, 2.24) is 0 Å². The monoisotopic (exact) mass is 299 g/mol. The van der Waals surface area contributed by atoms with Gasteiger partial charge in [-0.25, -0.2) is 4.39 Å². The van der Waals surface area contributed by atoms with Crippen molar-refractivity contribution in [2.75, 3.05) is 5.32 Å². The molecule has 1 N–H and O–H groups in total. The van der Waals surface area contributed by atoms with E-state index in [1.54, 1.807) is 6.07 Å². The zero-order valence-corrected chi connectivity index (χ0v) is 11.2. The van der Waals surface area contributed by atoms with Crippen LogP contribution in [0.2, 0.25) is 0 Å². The molecule has 0 bridgehead atoms. The van der Waals surface area contributed by atoms with Crippen LogP contribution in [0.4, 0.5) is 23.2 Å². The SMILES string of the molecule is Cc1ccc(F)cc1CNc1ccc(OC(F)(F)F)cc1. The summed E-state index contributed by atoms with van der Waals surface area (Å²) >= 11 is 0. The topological polar surface area (TPSA) is 21.3 Å². The smallest absolute Gasteiger partial charge is 0.406 e. The van der Waals surface area contributed by atoms with Gasteiger partial charge in [0.2, 0.25) is 0 Å². The molecule has 2 rings (SSSR count). The average molecular weight is 299 g/mol. The van der Waals surface area contributed by atoms with Crippen molar-refractivity contribution in [2.24, 2.45) is 0 Å². The third kappa shape index (κ3) is 4.66. The van der Waals surface area contributed by atoms with E-state index in [4.69, 9.17) is 0 Å². The molecule has 0 saturated carbocycles. The highest BCUT2D eigenvalue weighted by Gasteiger charge is 2.30. The lowest BCUT2D eigenvalue weighted by molar-refractivity contribution is -0.274. The average Bonchev–Trinajstić information content (AvgIpc) is 2.40. The van der Waals surface area contributed by atoms with Gasteiger partial charge >= 0.3 is 6.36 Å². The number of hydrogen-bond donors (Lipinski definition) is 1. The summed E-state index contributed by atoms with van der Waals surface area (Å²) in [7, 11) is 0. The fraction of sp³-hybridized carbons (Fsp3) is 0.200. The van der Waals surface area contributed by atoms with Gasteiger partial charge in [0.1, 0.15) is 11.6 Å². The minimum atomic E-state index is -4.70. The number of anilines is 1. The van der Waals surface area contributed by atoms with Crippen molar-refractivity contribution in [3.05, 3.63) is 59.4 Å². The van der Waals surface area contributed by atoms with Crippen LogP contribution in [-0.4, -0.2) is 6.36 Å². The molecular weight excluding hydrogens is 286 g/mol. The standard InChI is InChI=1S/C15H13F4NO/c1-10-2-3-12(16)8-11(10)9-20-13-4-6-14(7-5-13)21-15(17,18)19/h2-8,20H,9H2,1H3. The molecule has 0 radical (unpaired) electrons. The van der Waals surface area contributed by atoms with E-state index in [0.29, 0.717) is 12.2 Å². The molecule has 0 aliphatic rings. The molecule has 21 heavy (non-hydrogen) atoms. The first-order valence-electron chi connectivity index (χ1n) is 6.18. The third-order valence-electron chi connectivity index (χ3n) is 2.88. The second-order valence-electron chi connectivity index (χ2n) is 4.50. The zero-order valence-electron chi connectivity index (χ0n) is 11.2. The van der Waals surface area contributed by atoms with Gasteiger partial charge in [-0.05, 0) is 54.4 Å². The molecule has 0 spiro atoms. The van der Waals surface area contributed by atoms with E-state index in [-0.39, 0.29) is 11.6 Å². The number of nitrogens with one attached hydrogen (secondary N) is 1. The maximum atomic E-state index is 13.1. The van der Waals surface area contributed by atoms with Crippen molar-refractivity contribution in [2.45, 2.75) is 19.8 Å². The second-order valence-corrected chi connectivity index (χ2v) is 4.50. The molecule has 0 fully saturated rings. The molecule has 0 heterocycles. The lowest BCUT2D eigenvalue weighted by Crippen LogP contribution is -2.17. The van der Waals surface area contributed by atoms with Crippen molar-refractivity contribution in [3.63, 3.8) is 0 Å². The Labute approximate surface area is 119 Å². The summed E-state index contributed by atoms with van der Waals surface area (Å²) in [6, 6.07) is 9.84. The van der Waals surface area contributed by atoms with E-state index < -0.39 is 6.36 Å². The van der Waals surface area contributed by atoms with Gasteiger partial charge in [-0.2, -0.15) is 0 Å². The van der Waals surface area contributed by atoms with Crippen LogP contribution in [0.5, 0.6) is 5.75 Å². The number of benzene rings is 2. The van der Waals surface area contributed by atoms with E-state index in [2.05, 4.69) is 10.1 Å². The molecule has 0 atom stereocenters. The Morgan fingerprint density at radius 3 is 2.33 bits per heavy atom. The van der Waals surface area contributed by atoms with Crippen LogP contribution in [-0.2, 0) is 6.54 Å². The lowest BCUT2D eigenvalue weighted by Gasteiger charge is -2.11. The van der Waals surface area contributed by atoms with E-state index in [9.17, 15) is 17.6 Å². The Kier molecular flexibility index (Phi) is 4.35. The maximum Gasteiger partial charge on any atom is 0.573 e. The minimum absolute atomic E-state index is 0.282. The minimum Gasteiger partial charge on any atom is -0.406 e. The van der Waals surface area contributed by atoms with E-state index >= 15 is 0 Å². The van der Waals surface area contributed by atoms with Gasteiger partial charge in [-0.1, -0.05) is 6.07 Å². The van der Waals surface area contributed by atoms with Crippen LogP contribution in [0.3, 0.4) is 0 Å². The Hall–Kier alpha value is -2.24. The highest BCUT2D eigenvalue weighted by Crippen LogP contribution is 2.24. The van der Waals surface area contributed by atoms with Gasteiger partial charge in [-0.15, -0.1) is 13.2 Å². The molecule has 6 heteroatoms. The number of halogens is 4. The Balaban J connectivity index is 1.99. The van der Waals surface area contributed by atoms with Gasteiger partial charge in [0.25, 0.3) is 0 Å². The Bertz CT molecular complexity index is 608. The molecule has 112 valence electrons. The van der Waals surface area contributed by atoms with E-state index in [0.717, 1.165) is 11.1 Å². The largest absolute Gasteiger partial charge is 0.573 e. The van der Waals surface area contributed by atoms with Crippen molar-refractivity contribution in [3.8, 4) is 5.75 Å². The van der Waals surface area contributed by atoms with Crippen LogP contribution >= 0.6 is 0 Å². The summed E-state index contributed by atoms with van der Waals surface area (Å²) in [6.07, 6.45) is -4.70. The summed E-state index contributed by atoms with van der Waals surface area (Å²) < 4.78 is 53.0. The van der Waals surface area contributed by atoms with Gasteiger partial charge in [0.05, 0.1) is 0 Å². The summed E-state index contributed by atoms with van der Waals surface area (Å²) in [4.78, 5) is 0. The molecule has 0 aliphatic carbocycles. The van der Waals surface area contributed by atoms with Gasteiger partial charge in [0.15, 0.2) is 0 Å². The number of rotatable bonds is 4. The molecule has 0 aromatic heterocycles. The Morgan fingerprint density at radius 2 is 1.71 bits per heavy atom. The number of ether oxygens (including phenoxy) is 1. The molecular formula is C15H13F4NO. The van der Waals surface area contributed by atoms with Crippen LogP contribution in [0.25, 0.3) is 0 Å². The van der Waals surface area contributed by atoms with E-state index in [1.807, 2.05) is 6.92 Å². The summed E-state index contributed by atoms with van der Waals surface area (Å²) in [5.41, 5.74) is 2.33. The number of hydrogen-bond acceptors (Lipinski definition) is 2. The first kappa shape index (κ1) is 15.2. The number of alkyl halides is 3. The quantitative estimate of drug-likeness (QED) is 0.830. The lowest BCUT2D eigenvalue weighted by atomic mass is 10.1. The normalized spacial score (nSPS) is 11.3. The van der Waals surface area contributed by atoms with Gasteiger partial charge in [0, 0.05) is 12.2 Å². The molecule has 0 saturated heterocycles. The zero-order chi connectivity index (χ0) is 15.5. The molecule has 0 aliphatic heterocycles. The molecule has 2 nitrogen and oxygen atoms in total. The van der Waals surface area contributed by atoms with E-state index in [1.165, 1.54) is 36.4 Å². The predicted molar refractivity (Wildman–Crippen MR) is 71.6 cm³/mol. The highest BCUT2D eigenvalue weighted by molar-refractivity contribution is 5.47.